The van der Waals surface area contributed by atoms with Gasteiger partial charge in [0.2, 0.25) is 5.88 Å². The lowest BCUT2D eigenvalue weighted by atomic mass is 10.1. The Balaban J connectivity index is 1.52. The van der Waals surface area contributed by atoms with Crippen molar-refractivity contribution in [2.45, 2.75) is 24.9 Å². The molecule has 11 heteroatoms. The van der Waals surface area contributed by atoms with Crippen LogP contribution in [0, 0.1) is 0 Å². The number of aliphatic hydroxyl groups is 1. The van der Waals surface area contributed by atoms with Gasteiger partial charge in [-0.2, -0.15) is 13.2 Å². The van der Waals surface area contributed by atoms with Crippen LogP contribution in [-0.2, 0) is 17.5 Å². The number of aliphatic hydroxyl groups excluding tert-OH is 1. The predicted octanol–water partition coefficient (Wildman–Crippen LogP) is 3.26. The summed E-state index contributed by atoms with van der Waals surface area (Å²) in [5.74, 6) is -0.244. The van der Waals surface area contributed by atoms with Gasteiger partial charge in [0.1, 0.15) is 12.8 Å². The summed E-state index contributed by atoms with van der Waals surface area (Å²) in [5, 5.41) is 14.5. The van der Waals surface area contributed by atoms with Gasteiger partial charge < -0.3 is 19.9 Å². The number of hydrogen-bond donors (Lipinski definition) is 2. The molecule has 174 valence electrons. The highest BCUT2D eigenvalue weighted by Gasteiger charge is 2.41. The molecule has 0 radical (unpaired) electrons. The monoisotopic (exact) mass is 462 g/mol. The highest BCUT2D eigenvalue weighted by atomic mass is 19.4. The highest BCUT2D eigenvalue weighted by Crippen LogP contribution is 2.36. The van der Waals surface area contributed by atoms with E-state index in [1.54, 1.807) is 12.4 Å². The number of benzene rings is 1. The molecular weight excluding hydrogens is 441 g/mol. The number of ether oxygens (including phenoxy) is 2. The maximum absolute atomic E-state index is 13.3. The number of nitrogens with zero attached hydrogens (tertiary/aromatic N) is 3. The number of fused-ring (bicyclic) bond motifs is 1. The van der Waals surface area contributed by atoms with Gasteiger partial charge >= 0.3 is 12.2 Å². The number of pyridine rings is 2. The second-order valence-electron chi connectivity index (χ2n) is 7.44. The molecule has 8 nitrogen and oxygen atoms in total. The van der Waals surface area contributed by atoms with Crippen molar-refractivity contribution in [3.05, 3.63) is 65.6 Å². The first kappa shape index (κ1) is 22.7. The van der Waals surface area contributed by atoms with Crippen molar-refractivity contribution in [2.24, 2.45) is 0 Å². The van der Waals surface area contributed by atoms with Crippen LogP contribution in [0.2, 0.25) is 0 Å². The number of amides is 2. The Kier molecular flexibility index (Phi) is 6.34. The average molecular weight is 462 g/mol. The fourth-order valence-corrected chi connectivity index (χ4v) is 3.75. The molecule has 0 saturated carbocycles. The average Bonchev–Trinajstić information content (AvgIpc) is 3.26. The summed E-state index contributed by atoms with van der Waals surface area (Å²) in [7, 11) is 1.20. The highest BCUT2D eigenvalue weighted by molar-refractivity contribution is 5.85. The lowest BCUT2D eigenvalue weighted by molar-refractivity contribution is -0.137. The Morgan fingerprint density at radius 2 is 2.09 bits per heavy atom. The number of carbonyl (C=O) groups excluding carboxylic acids is 1. The van der Waals surface area contributed by atoms with Crippen molar-refractivity contribution in [1.82, 2.24) is 20.2 Å². The number of alkyl halides is 3. The molecule has 0 aliphatic carbocycles. The summed E-state index contributed by atoms with van der Waals surface area (Å²) in [6.45, 7) is -0.591. The largest absolute Gasteiger partial charge is 0.481 e. The van der Waals surface area contributed by atoms with Crippen LogP contribution >= 0.6 is 0 Å². The Morgan fingerprint density at radius 3 is 2.82 bits per heavy atom. The van der Waals surface area contributed by atoms with Crippen molar-refractivity contribution < 1.29 is 32.5 Å². The molecule has 0 spiro atoms. The lowest BCUT2D eigenvalue weighted by Gasteiger charge is -2.24. The van der Waals surface area contributed by atoms with E-state index in [4.69, 9.17) is 9.47 Å². The molecule has 2 N–H and O–H groups in total. The summed E-state index contributed by atoms with van der Waals surface area (Å²) in [6.07, 6.45) is -2.32. The van der Waals surface area contributed by atoms with Crippen LogP contribution in [0.25, 0.3) is 10.8 Å². The second kappa shape index (κ2) is 9.20. The summed E-state index contributed by atoms with van der Waals surface area (Å²) in [4.78, 5) is 22.3. The summed E-state index contributed by atoms with van der Waals surface area (Å²) < 4.78 is 50.3. The van der Waals surface area contributed by atoms with Crippen molar-refractivity contribution in [1.29, 1.82) is 0 Å². The van der Waals surface area contributed by atoms with E-state index in [2.05, 4.69) is 15.3 Å². The van der Waals surface area contributed by atoms with Crippen molar-refractivity contribution >= 4 is 16.8 Å². The zero-order valence-electron chi connectivity index (χ0n) is 17.5. The Labute approximate surface area is 187 Å². The van der Waals surface area contributed by atoms with E-state index in [1.165, 1.54) is 12.0 Å². The number of nitrogens with one attached hydrogen (secondary N) is 1. The number of aromatic nitrogens is 2. The third kappa shape index (κ3) is 4.69. The van der Waals surface area contributed by atoms with Gasteiger partial charge in [0.15, 0.2) is 0 Å². The number of urea groups is 1. The maximum atomic E-state index is 13.3. The normalized spacial score (nSPS) is 18.5. The molecule has 1 aromatic carbocycles. The van der Waals surface area contributed by atoms with E-state index in [0.29, 0.717) is 0 Å². The van der Waals surface area contributed by atoms with Gasteiger partial charge in [-0.05, 0) is 17.0 Å². The molecule has 33 heavy (non-hydrogen) atoms. The van der Waals surface area contributed by atoms with Gasteiger partial charge in [0, 0.05) is 30.4 Å². The van der Waals surface area contributed by atoms with Crippen molar-refractivity contribution in [3.63, 3.8) is 0 Å². The van der Waals surface area contributed by atoms with Gasteiger partial charge in [-0.25, -0.2) is 9.78 Å². The minimum Gasteiger partial charge on any atom is -0.481 e. The van der Waals surface area contributed by atoms with E-state index in [0.717, 1.165) is 28.5 Å². The summed E-state index contributed by atoms with van der Waals surface area (Å²) >= 11 is 0. The van der Waals surface area contributed by atoms with E-state index in [9.17, 15) is 23.1 Å². The van der Waals surface area contributed by atoms with Crippen molar-refractivity contribution in [3.8, 4) is 5.88 Å². The van der Waals surface area contributed by atoms with E-state index in [-0.39, 0.29) is 24.8 Å². The van der Waals surface area contributed by atoms with Crippen LogP contribution in [0.15, 0.2) is 48.8 Å². The smallest absolute Gasteiger partial charge is 0.416 e. The van der Waals surface area contributed by atoms with Crippen LogP contribution < -0.4 is 10.1 Å². The van der Waals surface area contributed by atoms with E-state index >= 15 is 0 Å². The summed E-state index contributed by atoms with van der Waals surface area (Å²) in [5.41, 5.74) is -0.256. The van der Waals surface area contributed by atoms with Crippen LogP contribution in [0.4, 0.5) is 18.0 Å². The fraction of sp³-hybridized carbons (Fsp3) is 0.318. The number of carbonyl (C=O) groups is 1. The number of rotatable bonds is 5. The Morgan fingerprint density at radius 1 is 1.30 bits per heavy atom. The molecule has 2 atom stereocenters. The molecule has 1 aliphatic heterocycles. The predicted molar refractivity (Wildman–Crippen MR) is 111 cm³/mol. The quantitative estimate of drug-likeness (QED) is 0.604. The third-order valence-corrected chi connectivity index (χ3v) is 5.42. The van der Waals surface area contributed by atoms with Gasteiger partial charge in [0.25, 0.3) is 0 Å². The van der Waals surface area contributed by atoms with E-state index < -0.39 is 36.5 Å². The SMILES string of the molecule is COc1cc(C(F)(F)F)cc([C@H]2OCN(C(=O)NCc3cncc4ccccc34)[C@H]2CO)n1. The Bertz CT molecular complexity index is 1150. The standard InChI is InChI=1S/C22H21F3N4O4/c1-32-19-7-15(22(23,24)25)6-17(28-19)20-18(11-30)29(12-33-20)21(31)27-10-14-9-26-8-13-4-2-3-5-16(13)14/h2-9,18,20,30H,10-12H2,1H3,(H,27,31)/t18-,20+/m0/s1. The minimum atomic E-state index is -4.62. The Hall–Kier alpha value is -3.44. The molecule has 2 amide bonds. The molecule has 4 rings (SSSR count). The van der Waals surface area contributed by atoms with Crippen LogP contribution in [0.5, 0.6) is 5.88 Å². The molecule has 3 aromatic rings. The van der Waals surface area contributed by atoms with E-state index in [1.807, 2.05) is 24.3 Å². The van der Waals surface area contributed by atoms with Gasteiger partial charge in [-0.15, -0.1) is 0 Å². The second-order valence-corrected chi connectivity index (χ2v) is 7.44. The first-order valence-electron chi connectivity index (χ1n) is 10.0. The fourth-order valence-electron chi connectivity index (χ4n) is 3.75. The molecular formula is C22H21F3N4O4. The van der Waals surface area contributed by atoms with Crippen LogP contribution in [-0.4, -0.2) is 52.5 Å². The zero-order valence-corrected chi connectivity index (χ0v) is 17.5. The molecule has 0 bridgehead atoms. The number of hydrogen-bond acceptors (Lipinski definition) is 6. The van der Waals surface area contributed by atoms with Crippen LogP contribution in [0.1, 0.15) is 22.9 Å². The topological polar surface area (TPSA) is 96.8 Å². The molecule has 1 fully saturated rings. The molecule has 2 aromatic heterocycles. The van der Waals surface area contributed by atoms with Gasteiger partial charge in [0.05, 0.1) is 31.0 Å². The minimum absolute atomic E-state index is 0.0886. The zero-order chi connectivity index (χ0) is 23.6. The van der Waals surface area contributed by atoms with Gasteiger partial charge in [-0.1, -0.05) is 24.3 Å². The number of methoxy groups -OCH3 is 1. The third-order valence-electron chi connectivity index (χ3n) is 5.42. The lowest BCUT2D eigenvalue weighted by Crippen LogP contribution is -2.45. The molecule has 1 saturated heterocycles. The molecule has 0 unspecified atom stereocenters. The van der Waals surface area contributed by atoms with Crippen molar-refractivity contribution in [2.75, 3.05) is 20.4 Å². The number of halogens is 3. The maximum Gasteiger partial charge on any atom is 0.416 e. The first-order chi connectivity index (χ1) is 15.8. The molecule has 3 heterocycles. The van der Waals surface area contributed by atoms with Gasteiger partial charge in [-0.3, -0.25) is 9.88 Å². The first-order valence-corrected chi connectivity index (χ1v) is 10.0. The van der Waals surface area contributed by atoms with Crippen LogP contribution in [0.3, 0.4) is 0 Å². The summed E-state index contributed by atoms with van der Waals surface area (Å²) in [6, 6.07) is 7.72. The molecule has 1 aliphatic rings.